The lowest BCUT2D eigenvalue weighted by Gasteiger charge is -2.37. The number of aryl methyl sites for hydroxylation is 2. The molecule has 0 radical (unpaired) electrons. The molecule has 32 heavy (non-hydrogen) atoms. The highest BCUT2D eigenvalue weighted by atomic mass is 16.2. The Kier molecular flexibility index (Phi) is 6.27. The first-order valence-electron chi connectivity index (χ1n) is 12.6. The van der Waals surface area contributed by atoms with Gasteiger partial charge in [0.05, 0.1) is 0 Å². The topological polar surface area (TPSA) is 49.3 Å². The van der Waals surface area contributed by atoms with Gasteiger partial charge in [-0.25, -0.2) is 9.97 Å². The molecule has 0 N–H and O–H groups in total. The monoisotopic (exact) mass is 432 g/mol. The van der Waals surface area contributed by atoms with E-state index in [9.17, 15) is 4.79 Å². The van der Waals surface area contributed by atoms with Crippen molar-refractivity contribution in [1.82, 2.24) is 14.9 Å². The molecule has 1 aromatic heterocycles. The fourth-order valence-corrected chi connectivity index (χ4v) is 5.94. The van der Waals surface area contributed by atoms with Crippen LogP contribution in [0.2, 0.25) is 0 Å². The maximum Gasteiger partial charge on any atom is 0.228 e. The third-order valence-corrected chi connectivity index (χ3v) is 7.72. The lowest BCUT2D eigenvalue weighted by atomic mass is 9.94. The minimum absolute atomic E-state index is 0.199. The molecule has 1 amide bonds. The summed E-state index contributed by atoms with van der Waals surface area (Å²) in [6, 6.07) is 9.33. The molecule has 1 atom stereocenters. The van der Waals surface area contributed by atoms with E-state index in [1.807, 2.05) is 4.90 Å². The minimum Gasteiger partial charge on any atom is -0.300 e. The molecule has 5 rings (SSSR count). The molecule has 1 aromatic carbocycles. The van der Waals surface area contributed by atoms with Crippen molar-refractivity contribution >= 4 is 11.7 Å². The molecule has 0 unspecified atom stereocenters. The van der Waals surface area contributed by atoms with Crippen molar-refractivity contribution in [1.29, 1.82) is 0 Å². The molecule has 1 saturated heterocycles. The van der Waals surface area contributed by atoms with E-state index < -0.39 is 0 Å². The second-order valence-corrected chi connectivity index (χ2v) is 10.0. The summed E-state index contributed by atoms with van der Waals surface area (Å²) in [5.74, 6) is 2.42. The molecule has 1 aliphatic carbocycles. The van der Waals surface area contributed by atoms with Gasteiger partial charge in [-0.15, -0.1) is 0 Å². The summed E-state index contributed by atoms with van der Waals surface area (Å²) in [6.07, 6.45) is 9.98. The first-order chi connectivity index (χ1) is 15.6. The third kappa shape index (κ3) is 4.45. The highest BCUT2D eigenvalue weighted by Gasteiger charge is 2.32. The van der Waals surface area contributed by atoms with E-state index in [0.717, 1.165) is 49.2 Å². The van der Waals surface area contributed by atoms with Crippen LogP contribution in [0.1, 0.15) is 79.1 Å². The molecular weight excluding hydrogens is 396 g/mol. The first-order valence-corrected chi connectivity index (χ1v) is 12.6. The Morgan fingerprint density at radius 1 is 1.03 bits per heavy atom. The number of piperidine rings is 1. The maximum atomic E-state index is 12.9. The number of aromatic nitrogens is 2. The van der Waals surface area contributed by atoms with E-state index in [-0.39, 0.29) is 5.91 Å². The Labute approximate surface area is 192 Å². The van der Waals surface area contributed by atoms with Crippen LogP contribution in [0.5, 0.6) is 0 Å². The largest absolute Gasteiger partial charge is 0.300 e. The van der Waals surface area contributed by atoms with Gasteiger partial charge in [-0.2, -0.15) is 0 Å². The fourth-order valence-electron chi connectivity index (χ4n) is 5.94. The summed E-state index contributed by atoms with van der Waals surface area (Å²) in [7, 11) is 0. The van der Waals surface area contributed by atoms with Crippen LogP contribution >= 0.6 is 0 Å². The van der Waals surface area contributed by atoms with Gasteiger partial charge in [0.1, 0.15) is 11.6 Å². The standard InChI is InChI=1S/C27H36N4O/c1-19-7-5-8-21(17-19)14-16-31-25(32)13-12-24-20(2)28-26(29-27(24)31)22-9-6-15-30(18-22)23-10-3-4-11-23/h5,7-8,17,22-23H,3-4,6,9-16,18H2,1-2H3/t22-/m1/s1. The molecule has 3 heterocycles. The van der Waals surface area contributed by atoms with Gasteiger partial charge in [-0.1, -0.05) is 42.7 Å². The molecule has 0 spiro atoms. The van der Waals surface area contributed by atoms with Crippen molar-refractivity contribution in [2.24, 2.45) is 0 Å². The number of hydrogen-bond acceptors (Lipinski definition) is 4. The Morgan fingerprint density at radius 2 is 1.88 bits per heavy atom. The van der Waals surface area contributed by atoms with Crippen LogP contribution < -0.4 is 4.90 Å². The van der Waals surface area contributed by atoms with Crippen LogP contribution in [0.25, 0.3) is 0 Å². The van der Waals surface area contributed by atoms with Gasteiger partial charge in [0, 0.05) is 42.7 Å². The summed E-state index contributed by atoms with van der Waals surface area (Å²) >= 11 is 0. The van der Waals surface area contributed by atoms with Gasteiger partial charge < -0.3 is 0 Å². The number of likely N-dealkylation sites (tertiary alicyclic amines) is 1. The molecule has 5 nitrogen and oxygen atoms in total. The average Bonchev–Trinajstić information content (AvgIpc) is 3.33. The predicted molar refractivity (Wildman–Crippen MR) is 128 cm³/mol. The summed E-state index contributed by atoms with van der Waals surface area (Å²) in [5, 5.41) is 0. The molecule has 3 aliphatic rings. The van der Waals surface area contributed by atoms with Crippen molar-refractivity contribution in [3.8, 4) is 0 Å². The second kappa shape index (κ2) is 9.30. The number of hydrogen-bond donors (Lipinski definition) is 0. The van der Waals surface area contributed by atoms with Gasteiger partial charge in [-0.05, 0) is 64.5 Å². The van der Waals surface area contributed by atoms with Crippen molar-refractivity contribution < 1.29 is 4.79 Å². The summed E-state index contributed by atoms with van der Waals surface area (Å²) < 4.78 is 0. The van der Waals surface area contributed by atoms with Gasteiger partial charge in [-0.3, -0.25) is 14.6 Å². The Balaban J connectivity index is 1.38. The number of anilines is 1. The van der Waals surface area contributed by atoms with Crippen molar-refractivity contribution in [2.45, 2.75) is 83.6 Å². The normalized spacial score (nSPS) is 22.4. The van der Waals surface area contributed by atoms with Crippen LogP contribution in [-0.2, 0) is 17.6 Å². The summed E-state index contributed by atoms with van der Waals surface area (Å²) in [5.41, 5.74) is 4.77. The van der Waals surface area contributed by atoms with Crippen molar-refractivity contribution in [3.63, 3.8) is 0 Å². The maximum absolute atomic E-state index is 12.9. The third-order valence-electron chi connectivity index (χ3n) is 7.72. The summed E-state index contributed by atoms with van der Waals surface area (Å²) in [4.78, 5) is 27.6. The van der Waals surface area contributed by atoms with E-state index in [1.165, 1.54) is 55.3 Å². The van der Waals surface area contributed by atoms with E-state index in [1.54, 1.807) is 0 Å². The van der Waals surface area contributed by atoms with Crippen LogP contribution in [0.4, 0.5) is 5.82 Å². The molecule has 2 aromatic rings. The van der Waals surface area contributed by atoms with E-state index in [4.69, 9.17) is 9.97 Å². The van der Waals surface area contributed by atoms with E-state index in [0.29, 0.717) is 18.9 Å². The number of amides is 1. The molecule has 5 heteroatoms. The van der Waals surface area contributed by atoms with Gasteiger partial charge in [0.2, 0.25) is 5.91 Å². The zero-order valence-electron chi connectivity index (χ0n) is 19.6. The van der Waals surface area contributed by atoms with Crippen molar-refractivity contribution in [3.05, 3.63) is 52.5 Å². The molecule has 0 bridgehead atoms. The predicted octanol–water partition coefficient (Wildman–Crippen LogP) is 4.74. The highest BCUT2D eigenvalue weighted by Crippen LogP contribution is 2.34. The SMILES string of the molecule is Cc1cccc(CCN2C(=O)CCc3c(C)nc([C@@H]4CCCN(C5CCCC5)C4)nc32)c1. The number of carbonyl (C=O) groups excluding carboxylic acids is 1. The molecule has 1 saturated carbocycles. The fraction of sp³-hybridized carbons (Fsp3) is 0.593. The smallest absolute Gasteiger partial charge is 0.228 e. The molecule has 2 fully saturated rings. The van der Waals surface area contributed by atoms with E-state index >= 15 is 0 Å². The minimum atomic E-state index is 0.199. The number of nitrogens with zero attached hydrogens (tertiary/aromatic N) is 4. The zero-order chi connectivity index (χ0) is 22.1. The van der Waals surface area contributed by atoms with Gasteiger partial charge in [0.25, 0.3) is 0 Å². The van der Waals surface area contributed by atoms with E-state index in [2.05, 4.69) is 43.0 Å². The zero-order valence-corrected chi connectivity index (χ0v) is 19.6. The summed E-state index contributed by atoms with van der Waals surface area (Å²) in [6.45, 7) is 7.19. The lowest BCUT2D eigenvalue weighted by molar-refractivity contribution is -0.118. The van der Waals surface area contributed by atoms with Crippen LogP contribution in [0, 0.1) is 13.8 Å². The molecule has 2 aliphatic heterocycles. The second-order valence-electron chi connectivity index (χ2n) is 10.0. The number of rotatable bonds is 5. The quantitative estimate of drug-likeness (QED) is 0.685. The Hall–Kier alpha value is -2.27. The molecular formula is C27H36N4O. The highest BCUT2D eigenvalue weighted by molar-refractivity contribution is 5.95. The molecule has 170 valence electrons. The van der Waals surface area contributed by atoms with Crippen LogP contribution in [0.15, 0.2) is 24.3 Å². The van der Waals surface area contributed by atoms with Crippen LogP contribution in [-0.4, -0.2) is 46.5 Å². The van der Waals surface area contributed by atoms with Crippen molar-refractivity contribution in [2.75, 3.05) is 24.5 Å². The Morgan fingerprint density at radius 3 is 2.69 bits per heavy atom. The van der Waals surface area contributed by atoms with Gasteiger partial charge in [0.15, 0.2) is 0 Å². The first kappa shape index (κ1) is 21.6. The average molecular weight is 433 g/mol. The lowest BCUT2D eigenvalue weighted by Crippen LogP contribution is -2.42. The number of benzene rings is 1. The number of carbonyl (C=O) groups is 1. The van der Waals surface area contributed by atoms with Crippen LogP contribution in [0.3, 0.4) is 0 Å². The number of fused-ring (bicyclic) bond motifs is 1. The Bertz CT molecular complexity index is 982. The van der Waals surface area contributed by atoms with Gasteiger partial charge >= 0.3 is 0 Å².